The Labute approximate surface area is 220 Å². The summed E-state index contributed by atoms with van der Waals surface area (Å²) in [5, 5.41) is 3.60. The lowest BCUT2D eigenvalue weighted by Gasteiger charge is -2.27. The van der Waals surface area contributed by atoms with Gasteiger partial charge in [-0.2, -0.15) is 13.2 Å². The van der Waals surface area contributed by atoms with Crippen LogP contribution in [0.15, 0.2) is 60.9 Å². The van der Waals surface area contributed by atoms with Gasteiger partial charge in [-0.1, -0.05) is 57.2 Å². The molecule has 200 valence electrons. The molecule has 3 heterocycles. The molecule has 0 bridgehead atoms. The summed E-state index contributed by atoms with van der Waals surface area (Å²) in [5.41, 5.74) is 4.48. The molecule has 2 aromatic carbocycles. The maximum atomic E-state index is 13.9. The molecule has 1 aliphatic heterocycles. The summed E-state index contributed by atoms with van der Waals surface area (Å²) in [6.45, 7) is 9.06. The Morgan fingerprint density at radius 2 is 1.66 bits per heavy atom. The van der Waals surface area contributed by atoms with Crippen molar-refractivity contribution in [1.82, 2.24) is 15.0 Å². The van der Waals surface area contributed by atoms with Crippen molar-refractivity contribution >= 4 is 22.5 Å². The Balaban J connectivity index is 1.33. The first-order valence-electron chi connectivity index (χ1n) is 12.8. The lowest BCUT2D eigenvalue weighted by molar-refractivity contribution is -0.142. The van der Waals surface area contributed by atoms with Crippen LogP contribution in [0.5, 0.6) is 0 Å². The third-order valence-corrected chi connectivity index (χ3v) is 6.91. The quantitative estimate of drug-likeness (QED) is 0.309. The van der Waals surface area contributed by atoms with Gasteiger partial charge in [0.2, 0.25) is 0 Å². The zero-order chi connectivity index (χ0) is 26.9. The molecule has 2 N–H and O–H groups in total. The molecule has 9 heteroatoms. The van der Waals surface area contributed by atoms with E-state index in [-0.39, 0.29) is 11.8 Å². The van der Waals surface area contributed by atoms with Crippen LogP contribution in [-0.2, 0) is 16.6 Å². The van der Waals surface area contributed by atoms with Crippen molar-refractivity contribution in [2.75, 3.05) is 36.5 Å². The molecule has 0 saturated carbocycles. The molecule has 1 atom stereocenters. The number of halogens is 3. The van der Waals surface area contributed by atoms with Gasteiger partial charge in [0.15, 0.2) is 0 Å². The number of hydrogen-bond acceptors (Lipinski definition) is 5. The Kier molecular flexibility index (Phi) is 7.05. The van der Waals surface area contributed by atoms with Crippen LogP contribution < -0.4 is 10.2 Å². The number of nitrogens with zero attached hydrogens (tertiary/aromatic N) is 3. The first kappa shape index (κ1) is 26.0. The van der Waals surface area contributed by atoms with E-state index in [0.717, 1.165) is 41.1 Å². The zero-order valence-corrected chi connectivity index (χ0v) is 21.8. The summed E-state index contributed by atoms with van der Waals surface area (Å²) in [6.07, 6.45) is -3.01. The van der Waals surface area contributed by atoms with E-state index < -0.39 is 12.2 Å². The second kappa shape index (κ2) is 10.3. The van der Waals surface area contributed by atoms with Gasteiger partial charge < -0.3 is 19.9 Å². The molecule has 0 aliphatic carbocycles. The standard InChI is InChI=1S/C29H32F3N5O/c1-28(2,3)21-8-4-19(5-9-21)16-25(29(30,31)32)35-22-10-6-20(7-11-22)24-17-23-26(36-24)33-18-34-27(23)37-12-14-38-15-13-37/h4-11,17-18,25,35H,12-16H2,1-3H3,(H,33,34,36). The number of H-pyrrole nitrogens is 1. The summed E-state index contributed by atoms with van der Waals surface area (Å²) in [7, 11) is 0. The van der Waals surface area contributed by atoms with Gasteiger partial charge in [0.1, 0.15) is 23.8 Å². The third-order valence-electron chi connectivity index (χ3n) is 6.91. The summed E-state index contributed by atoms with van der Waals surface area (Å²) >= 11 is 0. The van der Waals surface area contributed by atoms with Gasteiger partial charge in [-0.15, -0.1) is 0 Å². The highest BCUT2D eigenvalue weighted by molar-refractivity contribution is 5.92. The predicted octanol–water partition coefficient (Wildman–Crippen LogP) is 6.34. The zero-order valence-electron chi connectivity index (χ0n) is 21.8. The molecule has 0 amide bonds. The van der Waals surface area contributed by atoms with Gasteiger partial charge in [0.25, 0.3) is 0 Å². The number of hydrogen-bond donors (Lipinski definition) is 2. The number of ether oxygens (including phenoxy) is 1. The van der Waals surface area contributed by atoms with Crippen molar-refractivity contribution in [3.05, 3.63) is 72.1 Å². The average molecular weight is 524 g/mol. The van der Waals surface area contributed by atoms with Crippen LogP contribution in [0.1, 0.15) is 31.9 Å². The molecule has 5 rings (SSSR count). The van der Waals surface area contributed by atoms with E-state index in [0.29, 0.717) is 30.1 Å². The highest BCUT2D eigenvalue weighted by Crippen LogP contribution is 2.31. The second-order valence-corrected chi connectivity index (χ2v) is 10.7. The highest BCUT2D eigenvalue weighted by Gasteiger charge is 2.39. The Morgan fingerprint density at radius 3 is 2.29 bits per heavy atom. The molecule has 2 aromatic heterocycles. The molecule has 0 radical (unpaired) electrons. The minimum Gasteiger partial charge on any atom is -0.378 e. The predicted molar refractivity (Wildman–Crippen MR) is 145 cm³/mol. The summed E-state index contributed by atoms with van der Waals surface area (Å²) in [5.74, 6) is 0.850. The van der Waals surface area contributed by atoms with E-state index in [1.54, 1.807) is 36.4 Å². The normalized spacial score (nSPS) is 15.6. The Morgan fingerprint density at radius 1 is 0.974 bits per heavy atom. The third kappa shape index (κ3) is 5.78. The summed E-state index contributed by atoms with van der Waals surface area (Å²) < 4.78 is 47.2. The molecular weight excluding hydrogens is 491 g/mol. The number of aromatic nitrogens is 3. The van der Waals surface area contributed by atoms with Crippen LogP contribution in [0.4, 0.5) is 24.7 Å². The van der Waals surface area contributed by atoms with Gasteiger partial charge in [0, 0.05) is 30.9 Å². The van der Waals surface area contributed by atoms with E-state index in [1.807, 2.05) is 18.2 Å². The van der Waals surface area contributed by atoms with Gasteiger partial charge in [-0.3, -0.25) is 0 Å². The highest BCUT2D eigenvalue weighted by atomic mass is 19.4. The largest absolute Gasteiger partial charge is 0.408 e. The molecule has 1 saturated heterocycles. The van der Waals surface area contributed by atoms with Gasteiger partial charge in [0.05, 0.1) is 18.6 Å². The number of aromatic amines is 1. The SMILES string of the molecule is CC(C)(C)c1ccc(CC(Nc2ccc(-c3cc4c(N5CCOCC5)ncnc4[nH]3)cc2)C(F)(F)F)cc1. The summed E-state index contributed by atoms with van der Waals surface area (Å²) in [4.78, 5) is 14.3. The van der Waals surface area contributed by atoms with Crippen molar-refractivity contribution < 1.29 is 17.9 Å². The van der Waals surface area contributed by atoms with Gasteiger partial charge in [-0.05, 0) is 40.3 Å². The van der Waals surface area contributed by atoms with Crippen LogP contribution in [0.25, 0.3) is 22.3 Å². The van der Waals surface area contributed by atoms with Crippen molar-refractivity contribution in [2.24, 2.45) is 0 Å². The minimum atomic E-state index is -4.40. The van der Waals surface area contributed by atoms with Crippen LogP contribution in [0.3, 0.4) is 0 Å². The van der Waals surface area contributed by atoms with Crippen LogP contribution >= 0.6 is 0 Å². The number of fused-ring (bicyclic) bond motifs is 1. The van der Waals surface area contributed by atoms with E-state index in [1.165, 1.54) is 6.33 Å². The van der Waals surface area contributed by atoms with E-state index in [2.05, 4.69) is 45.9 Å². The molecule has 6 nitrogen and oxygen atoms in total. The molecule has 38 heavy (non-hydrogen) atoms. The van der Waals surface area contributed by atoms with E-state index in [9.17, 15) is 13.2 Å². The maximum Gasteiger partial charge on any atom is 0.408 e. The van der Waals surface area contributed by atoms with Gasteiger partial charge in [-0.25, -0.2) is 9.97 Å². The number of rotatable bonds is 6. The first-order chi connectivity index (χ1) is 18.1. The van der Waals surface area contributed by atoms with Crippen LogP contribution in [0, 0.1) is 0 Å². The molecular formula is C29H32F3N5O. The fourth-order valence-corrected chi connectivity index (χ4v) is 4.68. The number of alkyl halides is 3. The topological polar surface area (TPSA) is 66.1 Å². The second-order valence-electron chi connectivity index (χ2n) is 10.7. The average Bonchev–Trinajstić information content (AvgIpc) is 3.33. The molecule has 1 unspecified atom stereocenters. The van der Waals surface area contributed by atoms with Crippen LogP contribution in [-0.4, -0.2) is 53.5 Å². The molecule has 1 fully saturated rings. The van der Waals surface area contributed by atoms with Gasteiger partial charge >= 0.3 is 6.18 Å². The number of morpholine rings is 1. The molecule has 4 aromatic rings. The maximum absolute atomic E-state index is 13.9. The number of anilines is 2. The fourth-order valence-electron chi connectivity index (χ4n) is 4.68. The monoisotopic (exact) mass is 523 g/mol. The Bertz CT molecular complexity index is 1370. The van der Waals surface area contributed by atoms with Crippen molar-refractivity contribution in [3.63, 3.8) is 0 Å². The summed E-state index contributed by atoms with van der Waals surface area (Å²) in [6, 6.07) is 14.6. The smallest absolute Gasteiger partial charge is 0.378 e. The van der Waals surface area contributed by atoms with E-state index >= 15 is 0 Å². The molecule has 1 aliphatic rings. The fraction of sp³-hybridized carbons (Fsp3) is 0.379. The molecule has 0 spiro atoms. The Hall–Kier alpha value is -3.59. The lowest BCUT2D eigenvalue weighted by atomic mass is 9.86. The first-order valence-corrected chi connectivity index (χ1v) is 12.8. The van der Waals surface area contributed by atoms with Crippen molar-refractivity contribution in [2.45, 2.75) is 44.8 Å². The van der Waals surface area contributed by atoms with E-state index in [4.69, 9.17) is 4.74 Å². The minimum absolute atomic E-state index is 0.0520. The van der Waals surface area contributed by atoms with Crippen molar-refractivity contribution in [3.8, 4) is 11.3 Å². The number of nitrogens with one attached hydrogen (secondary N) is 2. The number of benzene rings is 2. The lowest BCUT2D eigenvalue weighted by Crippen LogP contribution is -2.38. The van der Waals surface area contributed by atoms with Crippen molar-refractivity contribution in [1.29, 1.82) is 0 Å². The van der Waals surface area contributed by atoms with Crippen LogP contribution in [0.2, 0.25) is 0 Å².